The maximum Gasteiger partial charge on any atom is 0.127 e. The van der Waals surface area contributed by atoms with Crippen LogP contribution in [0.4, 0.5) is 11.5 Å². The van der Waals surface area contributed by atoms with Crippen molar-refractivity contribution in [3.63, 3.8) is 0 Å². The molecule has 0 bridgehead atoms. The van der Waals surface area contributed by atoms with Gasteiger partial charge < -0.3 is 10.6 Å². The van der Waals surface area contributed by atoms with Gasteiger partial charge in [0.1, 0.15) is 12.1 Å². The Morgan fingerprint density at radius 3 is 2.82 bits per heavy atom. The van der Waals surface area contributed by atoms with Crippen LogP contribution in [-0.2, 0) is 6.54 Å². The lowest BCUT2D eigenvalue weighted by Gasteiger charge is -2.07. The fourth-order valence-electron chi connectivity index (χ4n) is 1.43. The molecule has 0 aliphatic rings. The summed E-state index contributed by atoms with van der Waals surface area (Å²) >= 11 is 0. The summed E-state index contributed by atoms with van der Waals surface area (Å²) in [7, 11) is 0. The van der Waals surface area contributed by atoms with Gasteiger partial charge in [-0.05, 0) is 19.1 Å². The second kappa shape index (κ2) is 5.79. The van der Waals surface area contributed by atoms with Crippen molar-refractivity contribution >= 4 is 11.5 Å². The molecule has 5 nitrogen and oxygen atoms in total. The first-order valence-corrected chi connectivity index (χ1v) is 5.57. The monoisotopic (exact) mass is 229 g/mol. The lowest BCUT2D eigenvalue weighted by molar-refractivity contribution is 1.00. The van der Waals surface area contributed by atoms with E-state index in [9.17, 15) is 0 Å². The van der Waals surface area contributed by atoms with Crippen molar-refractivity contribution in [3.8, 4) is 0 Å². The van der Waals surface area contributed by atoms with Crippen molar-refractivity contribution in [3.05, 3.63) is 42.6 Å². The molecule has 0 atom stereocenters. The lowest BCUT2D eigenvalue weighted by atomic mass is 10.3. The number of nitrogens with zero attached hydrogens (tertiary/aromatic N) is 3. The normalized spacial score (nSPS) is 9.94. The summed E-state index contributed by atoms with van der Waals surface area (Å²) in [6, 6.07) is 5.80. The zero-order valence-electron chi connectivity index (χ0n) is 9.72. The molecule has 0 aromatic carbocycles. The van der Waals surface area contributed by atoms with Crippen LogP contribution in [0.5, 0.6) is 0 Å². The van der Waals surface area contributed by atoms with Crippen LogP contribution in [0, 0.1) is 0 Å². The second-order valence-corrected chi connectivity index (χ2v) is 3.51. The van der Waals surface area contributed by atoms with Crippen LogP contribution in [0.25, 0.3) is 0 Å². The molecular formula is C12H15N5. The number of pyridine rings is 1. The molecule has 0 saturated heterocycles. The summed E-state index contributed by atoms with van der Waals surface area (Å²) in [4.78, 5) is 12.2. The number of hydrogen-bond donors (Lipinski definition) is 2. The van der Waals surface area contributed by atoms with Crippen LogP contribution in [0.1, 0.15) is 12.6 Å². The van der Waals surface area contributed by atoms with Crippen molar-refractivity contribution in [1.29, 1.82) is 0 Å². The van der Waals surface area contributed by atoms with E-state index in [0.29, 0.717) is 6.54 Å². The number of rotatable bonds is 5. The van der Waals surface area contributed by atoms with Crippen LogP contribution in [0.15, 0.2) is 36.9 Å². The molecule has 0 aliphatic carbocycles. The quantitative estimate of drug-likeness (QED) is 0.820. The number of anilines is 2. The van der Waals surface area contributed by atoms with Gasteiger partial charge in [-0.2, -0.15) is 0 Å². The van der Waals surface area contributed by atoms with Gasteiger partial charge in [-0.3, -0.25) is 0 Å². The third-order valence-corrected chi connectivity index (χ3v) is 2.23. The minimum atomic E-state index is 0.679. The lowest BCUT2D eigenvalue weighted by Crippen LogP contribution is -2.03. The van der Waals surface area contributed by atoms with E-state index in [0.717, 1.165) is 23.7 Å². The van der Waals surface area contributed by atoms with Crippen LogP contribution in [0.2, 0.25) is 0 Å². The average molecular weight is 229 g/mol. The van der Waals surface area contributed by atoms with E-state index < -0.39 is 0 Å². The Kier molecular flexibility index (Phi) is 3.85. The predicted octanol–water partition coefficient (Wildman–Crippen LogP) is 1.92. The highest BCUT2D eigenvalue weighted by molar-refractivity contribution is 5.51. The topological polar surface area (TPSA) is 62.7 Å². The largest absolute Gasteiger partial charge is 0.379 e. The Balaban J connectivity index is 1.97. The molecule has 0 radical (unpaired) electrons. The van der Waals surface area contributed by atoms with E-state index in [4.69, 9.17) is 0 Å². The van der Waals surface area contributed by atoms with E-state index >= 15 is 0 Å². The van der Waals surface area contributed by atoms with Crippen LogP contribution >= 0.6 is 0 Å². The minimum absolute atomic E-state index is 0.679. The first kappa shape index (κ1) is 11.3. The third kappa shape index (κ3) is 3.41. The smallest absolute Gasteiger partial charge is 0.127 e. The molecule has 2 heterocycles. The molecule has 0 saturated carbocycles. The predicted molar refractivity (Wildman–Crippen MR) is 67.8 cm³/mol. The molecule has 88 valence electrons. The average Bonchev–Trinajstić information content (AvgIpc) is 2.39. The van der Waals surface area contributed by atoms with Crippen LogP contribution in [-0.4, -0.2) is 21.5 Å². The highest BCUT2D eigenvalue weighted by atomic mass is 15.0. The Morgan fingerprint density at radius 1 is 1.12 bits per heavy atom. The number of hydrogen-bond acceptors (Lipinski definition) is 5. The molecule has 2 N–H and O–H groups in total. The molecule has 0 amide bonds. The Hall–Kier alpha value is -2.17. The molecule has 2 aromatic heterocycles. The first-order valence-electron chi connectivity index (χ1n) is 5.57. The summed E-state index contributed by atoms with van der Waals surface area (Å²) in [5, 5.41) is 6.46. The Labute approximate surface area is 100 Å². The van der Waals surface area contributed by atoms with E-state index in [1.165, 1.54) is 0 Å². The van der Waals surface area contributed by atoms with Gasteiger partial charge in [0, 0.05) is 30.7 Å². The highest BCUT2D eigenvalue weighted by Gasteiger charge is 1.97. The van der Waals surface area contributed by atoms with Gasteiger partial charge in [0.15, 0.2) is 0 Å². The zero-order valence-corrected chi connectivity index (χ0v) is 9.72. The number of aromatic nitrogens is 3. The standard InChI is InChI=1S/C12H15N5/c1-2-14-12-7-10(4-6-15-12)16-8-11-3-5-13-9-17-11/h3-7,9H,2,8H2,1H3,(H2,14,15,16). The zero-order chi connectivity index (χ0) is 11.9. The van der Waals surface area contributed by atoms with Gasteiger partial charge >= 0.3 is 0 Å². The Bertz CT molecular complexity index is 457. The Morgan fingerprint density at radius 2 is 2.06 bits per heavy atom. The summed E-state index contributed by atoms with van der Waals surface area (Å²) in [5.74, 6) is 0.875. The van der Waals surface area contributed by atoms with Gasteiger partial charge in [-0.15, -0.1) is 0 Å². The molecule has 2 rings (SSSR count). The third-order valence-electron chi connectivity index (χ3n) is 2.23. The molecule has 5 heteroatoms. The summed E-state index contributed by atoms with van der Waals surface area (Å²) in [6.45, 7) is 3.59. The number of nitrogens with one attached hydrogen (secondary N) is 2. The maximum absolute atomic E-state index is 4.21. The van der Waals surface area contributed by atoms with Crippen molar-refractivity contribution in [2.75, 3.05) is 17.2 Å². The summed E-state index contributed by atoms with van der Waals surface area (Å²) < 4.78 is 0. The molecule has 2 aromatic rings. The van der Waals surface area contributed by atoms with Crippen LogP contribution < -0.4 is 10.6 Å². The van der Waals surface area contributed by atoms with Gasteiger partial charge in [-0.1, -0.05) is 0 Å². The van der Waals surface area contributed by atoms with Crippen LogP contribution in [0.3, 0.4) is 0 Å². The highest BCUT2D eigenvalue weighted by Crippen LogP contribution is 2.12. The molecule has 0 aliphatic heterocycles. The summed E-state index contributed by atoms with van der Waals surface area (Å²) in [6.07, 6.45) is 5.06. The van der Waals surface area contributed by atoms with Gasteiger partial charge in [-0.25, -0.2) is 15.0 Å². The second-order valence-electron chi connectivity index (χ2n) is 3.51. The van der Waals surface area contributed by atoms with E-state index in [1.807, 2.05) is 25.1 Å². The molecular weight excluding hydrogens is 214 g/mol. The van der Waals surface area contributed by atoms with Crippen molar-refractivity contribution in [2.45, 2.75) is 13.5 Å². The van der Waals surface area contributed by atoms with E-state index in [-0.39, 0.29) is 0 Å². The first-order chi connectivity index (χ1) is 8.38. The molecule has 0 unspecified atom stereocenters. The molecule has 0 fully saturated rings. The fraction of sp³-hybridized carbons (Fsp3) is 0.250. The summed E-state index contributed by atoms with van der Waals surface area (Å²) in [5.41, 5.74) is 1.98. The fourth-order valence-corrected chi connectivity index (χ4v) is 1.43. The maximum atomic E-state index is 4.21. The molecule has 0 spiro atoms. The van der Waals surface area contributed by atoms with E-state index in [1.54, 1.807) is 18.7 Å². The van der Waals surface area contributed by atoms with Crippen molar-refractivity contribution < 1.29 is 0 Å². The molecule has 17 heavy (non-hydrogen) atoms. The van der Waals surface area contributed by atoms with Crippen molar-refractivity contribution in [2.24, 2.45) is 0 Å². The van der Waals surface area contributed by atoms with Gasteiger partial charge in [0.25, 0.3) is 0 Å². The van der Waals surface area contributed by atoms with Crippen molar-refractivity contribution in [1.82, 2.24) is 15.0 Å². The van der Waals surface area contributed by atoms with E-state index in [2.05, 4.69) is 25.6 Å². The van der Waals surface area contributed by atoms with Gasteiger partial charge in [0.2, 0.25) is 0 Å². The van der Waals surface area contributed by atoms with Gasteiger partial charge in [0.05, 0.1) is 12.2 Å². The SMILES string of the molecule is CCNc1cc(NCc2ccncn2)ccn1. The minimum Gasteiger partial charge on any atom is -0.379 e.